The Morgan fingerprint density at radius 1 is 1.29 bits per heavy atom. The van der Waals surface area contributed by atoms with Crippen molar-refractivity contribution in [3.8, 4) is 11.8 Å². The quantitative estimate of drug-likeness (QED) is 0.769. The fourth-order valence-corrected chi connectivity index (χ4v) is 2.13. The van der Waals surface area contributed by atoms with Gasteiger partial charge in [0.05, 0.1) is 6.07 Å². The fraction of sp³-hybridized carbons (Fsp3) is 0.250. The lowest BCUT2D eigenvalue weighted by Gasteiger charge is -2.09. The maximum Gasteiger partial charge on any atom is 0.292 e. The summed E-state index contributed by atoms with van der Waals surface area (Å²) in [5.41, 5.74) is 0.722. The molecule has 0 saturated carbocycles. The molecule has 1 heterocycles. The van der Waals surface area contributed by atoms with Crippen molar-refractivity contribution in [2.75, 3.05) is 0 Å². The smallest absolute Gasteiger partial charge is 0.292 e. The van der Waals surface area contributed by atoms with Crippen LogP contribution in [0.2, 0.25) is 5.02 Å². The first-order valence-electron chi connectivity index (χ1n) is 6.64. The summed E-state index contributed by atoms with van der Waals surface area (Å²) in [6.45, 7) is 0.804. The number of halogens is 1. The van der Waals surface area contributed by atoms with E-state index in [0.717, 1.165) is 5.56 Å². The summed E-state index contributed by atoms with van der Waals surface area (Å²) < 4.78 is 7.13. The standard InChI is InChI=1S/C16H15ClN2O2/c17-14-6-3-5-13(11-14)12-21-15-7-4-10-19(16(15)20)9-2-1-8-18/h3-7,10-11H,1-2,9,12H2. The second kappa shape index (κ2) is 7.51. The van der Waals surface area contributed by atoms with Crippen LogP contribution < -0.4 is 10.3 Å². The molecule has 0 aliphatic rings. The molecular formula is C16H15ClN2O2. The zero-order valence-electron chi connectivity index (χ0n) is 11.5. The highest BCUT2D eigenvalue weighted by molar-refractivity contribution is 6.30. The summed E-state index contributed by atoms with van der Waals surface area (Å²) in [6, 6.07) is 12.8. The zero-order valence-corrected chi connectivity index (χ0v) is 12.2. The summed E-state index contributed by atoms with van der Waals surface area (Å²) in [4.78, 5) is 12.2. The second-order valence-electron chi connectivity index (χ2n) is 4.55. The summed E-state index contributed by atoms with van der Waals surface area (Å²) in [5, 5.41) is 9.17. The molecule has 0 atom stereocenters. The van der Waals surface area contributed by atoms with Crippen LogP contribution in [0, 0.1) is 11.3 Å². The van der Waals surface area contributed by atoms with Gasteiger partial charge in [0.2, 0.25) is 0 Å². The van der Waals surface area contributed by atoms with Crippen LogP contribution in [0.3, 0.4) is 0 Å². The number of aromatic nitrogens is 1. The summed E-state index contributed by atoms with van der Waals surface area (Å²) in [7, 11) is 0. The molecular weight excluding hydrogens is 288 g/mol. The molecule has 0 spiro atoms. The Morgan fingerprint density at radius 3 is 2.90 bits per heavy atom. The number of benzene rings is 1. The molecule has 0 unspecified atom stereocenters. The normalized spacial score (nSPS) is 10.1. The van der Waals surface area contributed by atoms with E-state index in [-0.39, 0.29) is 12.2 Å². The van der Waals surface area contributed by atoms with Crippen molar-refractivity contribution in [3.63, 3.8) is 0 Å². The Kier molecular flexibility index (Phi) is 5.42. The maximum absolute atomic E-state index is 12.2. The molecule has 5 heteroatoms. The lowest BCUT2D eigenvalue weighted by atomic mass is 10.2. The SMILES string of the molecule is N#CCCCn1cccc(OCc2cccc(Cl)c2)c1=O. The number of unbranched alkanes of at least 4 members (excludes halogenated alkanes) is 1. The number of nitrogens with zero attached hydrogens (tertiary/aromatic N) is 2. The lowest BCUT2D eigenvalue weighted by Crippen LogP contribution is -2.21. The highest BCUT2D eigenvalue weighted by atomic mass is 35.5. The molecule has 0 fully saturated rings. The molecule has 0 N–H and O–H groups in total. The Morgan fingerprint density at radius 2 is 2.14 bits per heavy atom. The number of rotatable bonds is 6. The lowest BCUT2D eigenvalue weighted by molar-refractivity contribution is 0.299. The van der Waals surface area contributed by atoms with Crippen molar-refractivity contribution >= 4 is 11.6 Å². The van der Waals surface area contributed by atoms with E-state index in [2.05, 4.69) is 6.07 Å². The first-order valence-corrected chi connectivity index (χ1v) is 7.02. The third kappa shape index (κ3) is 4.37. The number of pyridine rings is 1. The van der Waals surface area contributed by atoms with Crippen molar-refractivity contribution in [2.45, 2.75) is 26.0 Å². The molecule has 4 nitrogen and oxygen atoms in total. The van der Waals surface area contributed by atoms with Crippen LogP contribution in [0.5, 0.6) is 5.75 Å². The molecule has 2 aromatic rings. The van der Waals surface area contributed by atoms with E-state index in [9.17, 15) is 4.79 Å². The van der Waals surface area contributed by atoms with Gasteiger partial charge in [-0.15, -0.1) is 0 Å². The Labute approximate surface area is 128 Å². The van der Waals surface area contributed by atoms with E-state index >= 15 is 0 Å². The van der Waals surface area contributed by atoms with Gasteiger partial charge in [0.15, 0.2) is 5.75 Å². The highest BCUT2D eigenvalue weighted by Crippen LogP contribution is 2.13. The summed E-state index contributed by atoms with van der Waals surface area (Å²) in [5.74, 6) is 0.300. The third-order valence-corrected chi connectivity index (χ3v) is 3.19. The van der Waals surface area contributed by atoms with Gasteiger partial charge < -0.3 is 9.30 Å². The Bertz CT molecular complexity index is 704. The minimum Gasteiger partial charge on any atom is -0.483 e. The monoisotopic (exact) mass is 302 g/mol. The molecule has 0 aliphatic carbocycles. The molecule has 0 amide bonds. The van der Waals surface area contributed by atoms with Crippen LogP contribution in [0.4, 0.5) is 0 Å². The summed E-state index contributed by atoms with van der Waals surface area (Å²) in [6.07, 6.45) is 2.78. The molecule has 0 saturated heterocycles. The largest absolute Gasteiger partial charge is 0.483 e. The molecule has 1 aromatic carbocycles. The van der Waals surface area contributed by atoms with Crippen LogP contribution in [0.25, 0.3) is 0 Å². The van der Waals surface area contributed by atoms with E-state index in [1.807, 2.05) is 12.1 Å². The highest BCUT2D eigenvalue weighted by Gasteiger charge is 2.05. The molecule has 108 valence electrons. The zero-order chi connectivity index (χ0) is 15.1. The van der Waals surface area contributed by atoms with Crippen LogP contribution in [0.1, 0.15) is 18.4 Å². The van der Waals surface area contributed by atoms with Gasteiger partial charge in [0.1, 0.15) is 6.61 Å². The van der Waals surface area contributed by atoms with E-state index in [4.69, 9.17) is 21.6 Å². The van der Waals surface area contributed by atoms with Gasteiger partial charge >= 0.3 is 0 Å². The van der Waals surface area contributed by atoms with Crippen molar-refractivity contribution in [1.82, 2.24) is 4.57 Å². The predicted molar refractivity (Wildman–Crippen MR) is 81.3 cm³/mol. The molecule has 21 heavy (non-hydrogen) atoms. The number of hydrogen-bond acceptors (Lipinski definition) is 3. The van der Waals surface area contributed by atoms with E-state index in [1.54, 1.807) is 35.0 Å². The average Bonchev–Trinajstić information content (AvgIpc) is 2.48. The molecule has 0 bridgehead atoms. The van der Waals surface area contributed by atoms with Gasteiger partial charge in [-0.1, -0.05) is 23.7 Å². The maximum atomic E-state index is 12.2. The fourth-order valence-electron chi connectivity index (χ4n) is 1.92. The Hall–Kier alpha value is -2.25. The van der Waals surface area contributed by atoms with Gasteiger partial charge in [-0.2, -0.15) is 5.26 Å². The van der Waals surface area contributed by atoms with E-state index in [0.29, 0.717) is 30.2 Å². The summed E-state index contributed by atoms with van der Waals surface area (Å²) >= 11 is 5.91. The van der Waals surface area contributed by atoms with Crippen LogP contribution >= 0.6 is 11.6 Å². The first-order chi connectivity index (χ1) is 10.2. The van der Waals surface area contributed by atoms with Crippen molar-refractivity contribution in [3.05, 3.63) is 63.5 Å². The van der Waals surface area contributed by atoms with Crippen molar-refractivity contribution in [1.29, 1.82) is 5.26 Å². The number of nitriles is 1. The van der Waals surface area contributed by atoms with Crippen LogP contribution in [0.15, 0.2) is 47.4 Å². The van der Waals surface area contributed by atoms with Crippen LogP contribution in [-0.2, 0) is 13.2 Å². The minimum absolute atomic E-state index is 0.183. The topological polar surface area (TPSA) is 55.0 Å². The second-order valence-corrected chi connectivity index (χ2v) is 4.99. The molecule has 0 radical (unpaired) electrons. The average molecular weight is 303 g/mol. The number of aryl methyl sites for hydroxylation is 1. The van der Waals surface area contributed by atoms with E-state index < -0.39 is 0 Å². The number of ether oxygens (including phenoxy) is 1. The van der Waals surface area contributed by atoms with E-state index in [1.165, 1.54) is 0 Å². The van der Waals surface area contributed by atoms with Gasteiger partial charge in [-0.3, -0.25) is 4.79 Å². The van der Waals surface area contributed by atoms with Gasteiger partial charge in [-0.05, 0) is 36.2 Å². The number of hydrogen-bond donors (Lipinski definition) is 0. The minimum atomic E-state index is -0.183. The Balaban J connectivity index is 2.05. The molecule has 2 rings (SSSR count). The molecule has 0 aliphatic heterocycles. The third-order valence-electron chi connectivity index (χ3n) is 2.96. The van der Waals surface area contributed by atoms with Gasteiger partial charge in [0, 0.05) is 24.2 Å². The predicted octanol–water partition coefficient (Wildman–Crippen LogP) is 3.38. The van der Waals surface area contributed by atoms with Gasteiger partial charge in [-0.25, -0.2) is 0 Å². The van der Waals surface area contributed by atoms with Crippen LogP contribution in [-0.4, -0.2) is 4.57 Å². The van der Waals surface area contributed by atoms with Gasteiger partial charge in [0.25, 0.3) is 5.56 Å². The van der Waals surface area contributed by atoms with Crippen molar-refractivity contribution in [2.24, 2.45) is 0 Å². The molecule has 1 aromatic heterocycles. The first kappa shape index (κ1) is 15.1. The van der Waals surface area contributed by atoms with Crippen molar-refractivity contribution < 1.29 is 4.74 Å².